The maximum absolute atomic E-state index is 11.5. The van der Waals surface area contributed by atoms with E-state index in [1.807, 2.05) is 50.6 Å². The van der Waals surface area contributed by atoms with Gasteiger partial charge in [0.2, 0.25) is 0 Å². The Morgan fingerprint density at radius 3 is 2.44 bits per heavy atom. The molecule has 0 aliphatic heterocycles. The number of esters is 1. The Bertz CT molecular complexity index is 556. The van der Waals surface area contributed by atoms with Crippen LogP contribution in [-0.2, 0) is 11.8 Å². The van der Waals surface area contributed by atoms with Crippen LogP contribution < -0.4 is 5.32 Å². The molecule has 94 valence electrons. The number of carbonyl (C=O) groups excluding carboxylic acids is 1. The highest BCUT2D eigenvalue weighted by molar-refractivity contribution is 5.89. The van der Waals surface area contributed by atoms with Crippen LogP contribution in [0.25, 0.3) is 11.1 Å². The van der Waals surface area contributed by atoms with E-state index in [1.165, 1.54) is 7.11 Å². The van der Waals surface area contributed by atoms with Gasteiger partial charge in [-0.25, -0.2) is 4.79 Å². The van der Waals surface area contributed by atoms with Crippen LogP contribution in [0, 0.1) is 0 Å². The summed E-state index contributed by atoms with van der Waals surface area (Å²) < 4.78 is 6.50. The summed E-state index contributed by atoms with van der Waals surface area (Å²) >= 11 is 0. The van der Waals surface area contributed by atoms with Crippen LogP contribution in [0.2, 0.25) is 0 Å². The number of rotatable bonds is 3. The minimum atomic E-state index is -0.324. The molecule has 0 atom stereocenters. The maximum Gasteiger partial charge on any atom is 0.354 e. The third kappa shape index (κ3) is 2.22. The van der Waals surface area contributed by atoms with E-state index in [0.717, 1.165) is 16.8 Å². The van der Waals surface area contributed by atoms with Crippen molar-refractivity contribution in [1.82, 2.24) is 4.57 Å². The number of nitrogens with one attached hydrogen (secondary N) is 1. The number of ether oxygens (including phenoxy) is 1. The van der Waals surface area contributed by atoms with Gasteiger partial charge in [0.15, 0.2) is 0 Å². The van der Waals surface area contributed by atoms with Gasteiger partial charge in [-0.05, 0) is 23.8 Å². The third-order valence-corrected chi connectivity index (χ3v) is 2.91. The monoisotopic (exact) mass is 244 g/mol. The molecule has 2 aromatic rings. The molecule has 0 saturated carbocycles. The highest BCUT2D eigenvalue weighted by Crippen LogP contribution is 2.23. The minimum absolute atomic E-state index is 0.324. The van der Waals surface area contributed by atoms with Gasteiger partial charge in [-0.3, -0.25) is 0 Å². The number of nitrogens with zero attached hydrogens (tertiary/aromatic N) is 1. The molecule has 0 spiro atoms. The first-order valence-electron chi connectivity index (χ1n) is 5.68. The van der Waals surface area contributed by atoms with Crippen LogP contribution in [0.1, 0.15) is 10.5 Å². The Morgan fingerprint density at radius 1 is 1.22 bits per heavy atom. The van der Waals surface area contributed by atoms with Gasteiger partial charge in [0.05, 0.1) is 7.11 Å². The highest BCUT2D eigenvalue weighted by Gasteiger charge is 2.12. The molecule has 0 unspecified atom stereocenters. The van der Waals surface area contributed by atoms with Gasteiger partial charge >= 0.3 is 5.97 Å². The summed E-state index contributed by atoms with van der Waals surface area (Å²) in [5.74, 6) is -0.324. The topological polar surface area (TPSA) is 43.3 Å². The molecule has 1 aromatic carbocycles. The Balaban J connectivity index is 2.36. The lowest BCUT2D eigenvalue weighted by Crippen LogP contribution is -2.06. The number of carbonyl (C=O) groups is 1. The number of hydrogen-bond donors (Lipinski definition) is 1. The van der Waals surface area contributed by atoms with E-state index in [-0.39, 0.29) is 5.97 Å². The van der Waals surface area contributed by atoms with Gasteiger partial charge < -0.3 is 14.6 Å². The van der Waals surface area contributed by atoms with Crippen molar-refractivity contribution in [3.05, 3.63) is 42.2 Å². The third-order valence-electron chi connectivity index (χ3n) is 2.91. The summed E-state index contributed by atoms with van der Waals surface area (Å²) in [4.78, 5) is 11.5. The SMILES string of the molecule is CNc1ccc(-c2cc(C(=O)OC)n(C)c2)cc1. The number of hydrogen-bond acceptors (Lipinski definition) is 3. The van der Waals surface area contributed by atoms with Gasteiger partial charge in [-0.1, -0.05) is 12.1 Å². The summed E-state index contributed by atoms with van der Waals surface area (Å²) in [7, 11) is 5.10. The van der Waals surface area contributed by atoms with Crippen molar-refractivity contribution in [2.75, 3.05) is 19.5 Å². The van der Waals surface area contributed by atoms with Crippen LogP contribution in [0.3, 0.4) is 0 Å². The Labute approximate surface area is 106 Å². The fraction of sp³-hybridized carbons (Fsp3) is 0.214. The molecule has 0 bridgehead atoms. The van der Waals surface area contributed by atoms with Crippen LogP contribution in [0.4, 0.5) is 5.69 Å². The molecule has 0 radical (unpaired) electrons. The van der Waals surface area contributed by atoms with E-state index in [4.69, 9.17) is 4.74 Å². The summed E-state index contributed by atoms with van der Waals surface area (Å²) in [6, 6.07) is 9.87. The molecule has 1 N–H and O–H groups in total. The van der Waals surface area contributed by atoms with Crippen LogP contribution in [-0.4, -0.2) is 24.7 Å². The lowest BCUT2D eigenvalue weighted by Gasteiger charge is -2.01. The molecule has 18 heavy (non-hydrogen) atoms. The van der Waals surface area contributed by atoms with Gasteiger partial charge in [0, 0.05) is 31.5 Å². The quantitative estimate of drug-likeness (QED) is 0.844. The van der Waals surface area contributed by atoms with E-state index in [1.54, 1.807) is 4.57 Å². The second-order valence-electron chi connectivity index (χ2n) is 4.04. The Kier molecular flexibility index (Phi) is 3.37. The maximum atomic E-state index is 11.5. The molecule has 0 amide bonds. The molecule has 0 fully saturated rings. The van der Waals surface area contributed by atoms with E-state index in [0.29, 0.717) is 5.69 Å². The lowest BCUT2D eigenvalue weighted by molar-refractivity contribution is 0.0590. The van der Waals surface area contributed by atoms with Crippen LogP contribution in [0.5, 0.6) is 0 Å². The van der Waals surface area contributed by atoms with Crippen molar-refractivity contribution < 1.29 is 9.53 Å². The molecule has 1 heterocycles. The zero-order valence-electron chi connectivity index (χ0n) is 10.7. The molecule has 0 aliphatic carbocycles. The molecule has 4 heteroatoms. The fourth-order valence-electron chi connectivity index (χ4n) is 1.86. The molecular weight excluding hydrogens is 228 g/mol. The van der Waals surface area contributed by atoms with Gasteiger partial charge in [0.25, 0.3) is 0 Å². The normalized spacial score (nSPS) is 10.2. The fourth-order valence-corrected chi connectivity index (χ4v) is 1.86. The number of benzene rings is 1. The standard InChI is InChI=1S/C14H16N2O2/c1-15-12-6-4-10(5-7-12)11-8-13(14(17)18-3)16(2)9-11/h4-9,15H,1-3H3. The summed E-state index contributed by atoms with van der Waals surface area (Å²) in [5.41, 5.74) is 3.67. The van der Waals surface area contributed by atoms with Crippen molar-refractivity contribution in [2.24, 2.45) is 7.05 Å². The van der Waals surface area contributed by atoms with E-state index in [2.05, 4.69) is 5.32 Å². The van der Waals surface area contributed by atoms with E-state index in [9.17, 15) is 4.79 Å². The molecular formula is C14H16N2O2. The smallest absolute Gasteiger partial charge is 0.354 e. The Morgan fingerprint density at radius 2 is 1.89 bits per heavy atom. The number of anilines is 1. The summed E-state index contributed by atoms with van der Waals surface area (Å²) in [6.45, 7) is 0. The number of aryl methyl sites for hydroxylation is 1. The minimum Gasteiger partial charge on any atom is -0.464 e. The first kappa shape index (κ1) is 12.2. The molecule has 1 aromatic heterocycles. The molecule has 0 saturated heterocycles. The molecule has 0 aliphatic rings. The first-order chi connectivity index (χ1) is 8.65. The van der Waals surface area contributed by atoms with E-state index >= 15 is 0 Å². The summed E-state index contributed by atoms with van der Waals surface area (Å²) in [6.07, 6.45) is 1.92. The van der Waals surface area contributed by atoms with Gasteiger partial charge in [-0.2, -0.15) is 0 Å². The zero-order chi connectivity index (χ0) is 13.1. The van der Waals surface area contributed by atoms with Gasteiger partial charge in [-0.15, -0.1) is 0 Å². The van der Waals surface area contributed by atoms with E-state index < -0.39 is 0 Å². The first-order valence-corrected chi connectivity index (χ1v) is 5.68. The van der Waals surface area contributed by atoms with Crippen molar-refractivity contribution in [2.45, 2.75) is 0 Å². The molecule has 4 nitrogen and oxygen atoms in total. The van der Waals surface area contributed by atoms with Crippen molar-refractivity contribution in [3.8, 4) is 11.1 Å². The second kappa shape index (κ2) is 4.96. The predicted octanol–water partition coefficient (Wildman–Crippen LogP) is 2.52. The highest BCUT2D eigenvalue weighted by atomic mass is 16.5. The average Bonchev–Trinajstić information content (AvgIpc) is 2.80. The lowest BCUT2D eigenvalue weighted by atomic mass is 10.1. The van der Waals surface area contributed by atoms with Crippen molar-refractivity contribution in [1.29, 1.82) is 0 Å². The predicted molar refractivity (Wildman–Crippen MR) is 71.7 cm³/mol. The van der Waals surface area contributed by atoms with Crippen molar-refractivity contribution in [3.63, 3.8) is 0 Å². The number of aromatic nitrogens is 1. The number of methoxy groups -OCH3 is 1. The van der Waals surface area contributed by atoms with Crippen LogP contribution >= 0.6 is 0 Å². The summed E-state index contributed by atoms with van der Waals surface area (Å²) in [5, 5.41) is 3.07. The average molecular weight is 244 g/mol. The Hall–Kier alpha value is -2.23. The van der Waals surface area contributed by atoms with Crippen LogP contribution in [0.15, 0.2) is 36.5 Å². The van der Waals surface area contributed by atoms with Crippen molar-refractivity contribution >= 4 is 11.7 Å². The largest absolute Gasteiger partial charge is 0.464 e. The van der Waals surface area contributed by atoms with Gasteiger partial charge in [0.1, 0.15) is 5.69 Å². The molecule has 2 rings (SSSR count). The second-order valence-corrected chi connectivity index (χ2v) is 4.04. The zero-order valence-corrected chi connectivity index (χ0v) is 10.7.